The van der Waals surface area contributed by atoms with E-state index in [1.165, 1.54) is 24.0 Å². The molecule has 0 spiro atoms. The lowest BCUT2D eigenvalue weighted by atomic mass is 10.1. The summed E-state index contributed by atoms with van der Waals surface area (Å²) >= 11 is 0. The Kier molecular flexibility index (Phi) is 5.22. The Morgan fingerprint density at radius 3 is 2.46 bits per heavy atom. The number of amides is 1. The number of carbonyl (C=O) groups excluding carboxylic acids is 1. The first-order valence-corrected chi connectivity index (χ1v) is 8.12. The number of aromatic nitrogens is 1. The molecule has 4 nitrogen and oxygen atoms in total. The Bertz CT molecular complexity index is 927. The highest BCUT2D eigenvalue weighted by Crippen LogP contribution is 2.21. The van der Waals surface area contributed by atoms with E-state index in [4.69, 9.17) is 0 Å². The zero-order valence-electron chi connectivity index (χ0n) is 14.1. The molecule has 2 N–H and O–H groups in total. The summed E-state index contributed by atoms with van der Waals surface area (Å²) in [5.74, 6) is -1.71. The fraction of sp³-hybridized carbons (Fsp3) is 0.100. The number of halogens is 2. The van der Waals surface area contributed by atoms with Gasteiger partial charge in [-0.1, -0.05) is 19.1 Å². The molecule has 0 aliphatic carbocycles. The van der Waals surface area contributed by atoms with E-state index in [0.29, 0.717) is 16.9 Å². The summed E-state index contributed by atoms with van der Waals surface area (Å²) in [7, 11) is 0. The summed E-state index contributed by atoms with van der Waals surface area (Å²) < 4.78 is 26.7. The van der Waals surface area contributed by atoms with Gasteiger partial charge in [-0.3, -0.25) is 9.78 Å². The predicted octanol–water partition coefficient (Wildman–Crippen LogP) is 4.92. The Balaban J connectivity index is 1.74. The SMILES string of the molecule is CCc1ccc(NC(=O)c2cncc(Nc3ccc(F)cc3F)c2)cc1. The van der Waals surface area contributed by atoms with E-state index >= 15 is 0 Å². The number of rotatable bonds is 5. The van der Waals surface area contributed by atoms with E-state index in [2.05, 4.69) is 22.5 Å². The molecule has 26 heavy (non-hydrogen) atoms. The Labute approximate surface area is 149 Å². The molecule has 0 fully saturated rings. The van der Waals surface area contributed by atoms with Crippen LogP contribution in [0.4, 0.5) is 25.8 Å². The average Bonchev–Trinajstić information content (AvgIpc) is 2.65. The topological polar surface area (TPSA) is 54.0 Å². The van der Waals surface area contributed by atoms with Gasteiger partial charge < -0.3 is 10.6 Å². The molecule has 0 atom stereocenters. The summed E-state index contributed by atoms with van der Waals surface area (Å²) in [6.45, 7) is 2.06. The van der Waals surface area contributed by atoms with Crippen LogP contribution < -0.4 is 10.6 Å². The van der Waals surface area contributed by atoms with E-state index in [1.807, 2.05) is 24.3 Å². The molecule has 1 heterocycles. The van der Waals surface area contributed by atoms with Crippen molar-refractivity contribution in [1.29, 1.82) is 0 Å². The van der Waals surface area contributed by atoms with Gasteiger partial charge in [0.05, 0.1) is 23.1 Å². The second kappa shape index (κ2) is 7.74. The standard InChI is InChI=1S/C20H17F2N3O/c1-2-13-3-6-16(7-4-13)25-20(26)14-9-17(12-23-11-14)24-19-8-5-15(21)10-18(19)22/h3-12,24H,2H2,1H3,(H,25,26). The second-order valence-corrected chi connectivity index (χ2v) is 5.72. The van der Waals surface area contributed by atoms with Crippen molar-refractivity contribution in [2.45, 2.75) is 13.3 Å². The average molecular weight is 353 g/mol. The lowest BCUT2D eigenvalue weighted by molar-refractivity contribution is 0.102. The minimum absolute atomic E-state index is 0.0981. The van der Waals surface area contributed by atoms with Crippen molar-refractivity contribution in [3.05, 3.63) is 83.7 Å². The van der Waals surface area contributed by atoms with Crippen molar-refractivity contribution in [2.24, 2.45) is 0 Å². The molecule has 0 saturated heterocycles. The molecule has 3 aromatic rings. The zero-order valence-corrected chi connectivity index (χ0v) is 14.1. The number of pyridine rings is 1. The molecule has 0 aliphatic rings. The Morgan fingerprint density at radius 2 is 1.77 bits per heavy atom. The maximum Gasteiger partial charge on any atom is 0.257 e. The highest BCUT2D eigenvalue weighted by atomic mass is 19.1. The monoisotopic (exact) mass is 353 g/mol. The van der Waals surface area contributed by atoms with Gasteiger partial charge in [-0.2, -0.15) is 0 Å². The van der Waals surface area contributed by atoms with Gasteiger partial charge in [-0.05, 0) is 42.3 Å². The third kappa shape index (κ3) is 4.22. The van der Waals surface area contributed by atoms with Crippen LogP contribution in [0, 0.1) is 11.6 Å². The smallest absolute Gasteiger partial charge is 0.257 e. The number of anilines is 3. The molecular formula is C20H17F2N3O. The molecule has 0 unspecified atom stereocenters. The van der Waals surface area contributed by atoms with Crippen LogP contribution in [0.5, 0.6) is 0 Å². The van der Waals surface area contributed by atoms with Crippen molar-refractivity contribution in [3.8, 4) is 0 Å². The van der Waals surface area contributed by atoms with Crippen molar-refractivity contribution in [2.75, 3.05) is 10.6 Å². The first-order valence-electron chi connectivity index (χ1n) is 8.12. The normalized spacial score (nSPS) is 10.4. The van der Waals surface area contributed by atoms with Gasteiger partial charge in [0.15, 0.2) is 0 Å². The van der Waals surface area contributed by atoms with Gasteiger partial charge in [0.2, 0.25) is 0 Å². The van der Waals surface area contributed by atoms with Crippen LogP contribution in [0.2, 0.25) is 0 Å². The molecule has 1 aromatic heterocycles. The van der Waals surface area contributed by atoms with Crippen LogP contribution in [0.1, 0.15) is 22.8 Å². The summed E-state index contributed by atoms with van der Waals surface area (Å²) in [5, 5.41) is 5.58. The molecule has 2 aromatic carbocycles. The summed E-state index contributed by atoms with van der Waals surface area (Å²) in [6.07, 6.45) is 3.80. The van der Waals surface area contributed by atoms with Crippen LogP contribution in [-0.2, 0) is 6.42 Å². The third-order valence-corrected chi connectivity index (χ3v) is 3.83. The second-order valence-electron chi connectivity index (χ2n) is 5.72. The molecule has 1 amide bonds. The number of aryl methyl sites for hydroxylation is 1. The minimum Gasteiger partial charge on any atom is -0.352 e. The molecule has 0 saturated carbocycles. The number of benzene rings is 2. The van der Waals surface area contributed by atoms with Gasteiger partial charge in [0.25, 0.3) is 5.91 Å². The van der Waals surface area contributed by atoms with Crippen molar-refractivity contribution < 1.29 is 13.6 Å². The third-order valence-electron chi connectivity index (χ3n) is 3.83. The number of hydrogen-bond donors (Lipinski definition) is 2. The molecule has 0 radical (unpaired) electrons. The first-order chi connectivity index (χ1) is 12.5. The van der Waals surface area contributed by atoms with E-state index in [0.717, 1.165) is 18.6 Å². The zero-order chi connectivity index (χ0) is 18.5. The first kappa shape index (κ1) is 17.5. The summed E-state index contributed by atoms with van der Waals surface area (Å²) in [6, 6.07) is 12.3. The molecule has 3 rings (SSSR count). The van der Waals surface area contributed by atoms with E-state index < -0.39 is 11.6 Å². The quantitative estimate of drug-likeness (QED) is 0.685. The van der Waals surface area contributed by atoms with Crippen LogP contribution in [-0.4, -0.2) is 10.9 Å². The fourth-order valence-electron chi connectivity index (χ4n) is 2.41. The summed E-state index contributed by atoms with van der Waals surface area (Å²) in [5.41, 5.74) is 2.69. The maximum atomic E-state index is 13.7. The van der Waals surface area contributed by atoms with Crippen LogP contribution in [0.15, 0.2) is 60.9 Å². The van der Waals surface area contributed by atoms with Gasteiger partial charge in [0.1, 0.15) is 11.6 Å². The number of carbonyl (C=O) groups is 1. The predicted molar refractivity (Wildman–Crippen MR) is 97.7 cm³/mol. The van der Waals surface area contributed by atoms with Gasteiger partial charge >= 0.3 is 0 Å². The maximum absolute atomic E-state index is 13.7. The minimum atomic E-state index is -0.726. The highest BCUT2D eigenvalue weighted by Gasteiger charge is 2.09. The molecule has 0 aliphatic heterocycles. The molecule has 0 bridgehead atoms. The molecular weight excluding hydrogens is 336 g/mol. The number of nitrogens with zero attached hydrogens (tertiary/aromatic N) is 1. The fourth-order valence-corrected chi connectivity index (χ4v) is 2.41. The van der Waals surface area contributed by atoms with Crippen LogP contribution in [0.25, 0.3) is 0 Å². The van der Waals surface area contributed by atoms with Crippen molar-refractivity contribution in [3.63, 3.8) is 0 Å². The molecule has 6 heteroatoms. The van der Waals surface area contributed by atoms with Crippen LogP contribution in [0.3, 0.4) is 0 Å². The Morgan fingerprint density at radius 1 is 1.00 bits per heavy atom. The van der Waals surface area contributed by atoms with Crippen molar-refractivity contribution >= 4 is 23.0 Å². The van der Waals surface area contributed by atoms with Crippen molar-refractivity contribution in [1.82, 2.24) is 4.98 Å². The Hall–Kier alpha value is -3.28. The van der Waals surface area contributed by atoms with Crippen LogP contribution >= 0.6 is 0 Å². The number of nitrogens with one attached hydrogen (secondary N) is 2. The molecule has 132 valence electrons. The number of hydrogen-bond acceptors (Lipinski definition) is 3. The summed E-state index contributed by atoms with van der Waals surface area (Å²) in [4.78, 5) is 16.4. The van der Waals surface area contributed by atoms with Gasteiger partial charge in [-0.15, -0.1) is 0 Å². The van der Waals surface area contributed by atoms with E-state index in [9.17, 15) is 13.6 Å². The lowest BCUT2D eigenvalue weighted by Gasteiger charge is -2.10. The highest BCUT2D eigenvalue weighted by molar-refractivity contribution is 6.04. The van der Waals surface area contributed by atoms with E-state index in [-0.39, 0.29) is 11.6 Å². The lowest BCUT2D eigenvalue weighted by Crippen LogP contribution is -2.12. The van der Waals surface area contributed by atoms with E-state index in [1.54, 1.807) is 6.07 Å². The van der Waals surface area contributed by atoms with Gasteiger partial charge in [0, 0.05) is 18.0 Å². The van der Waals surface area contributed by atoms with Gasteiger partial charge in [-0.25, -0.2) is 8.78 Å². The largest absolute Gasteiger partial charge is 0.352 e.